The van der Waals surface area contributed by atoms with E-state index in [0.29, 0.717) is 23.1 Å². The summed E-state index contributed by atoms with van der Waals surface area (Å²) < 4.78 is 3.91. The van der Waals surface area contributed by atoms with Crippen molar-refractivity contribution in [3.05, 3.63) is 45.5 Å². The molecule has 0 aliphatic rings. The minimum absolute atomic E-state index is 0.0472. The lowest BCUT2D eigenvalue weighted by Crippen LogP contribution is -2.25. The van der Waals surface area contributed by atoms with Crippen molar-refractivity contribution in [2.45, 2.75) is 11.1 Å². The van der Waals surface area contributed by atoms with Crippen LogP contribution in [0.4, 0.5) is 16.4 Å². The van der Waals surface area contributed by atoms with Crippen LogP contribution >= 0.6 is 34.9 Å². The number of aliphatic hydroxyl groups excluding tert-OH is 1. The van der Waals surface area contributed by atoms with Crippen molar-refractivity contribution in [3.8, 4) is 0 Å². The fourth-order valence-electron chi connectivity index (χ4n) is 1.91. The smallest absolute Gasteiger partial charge is 0.304 e. The van der Waals surface area contributed by atoms with E-state index in [9.17, 15) is 10.1 Å². The molecule has 2 rings (SSSR count). The van der Waals surface area contributed by atoms with Crippen LogP contribution in [0.25, 0.3) is 0 Å². The molecule has 0 saturated heterocycles. The maximum absolute atomic E-state index is 11.3. The van der Waals surface area contributed by atoms with E-state index in [1.165, 1.54) is 23.3 Å². The second kappa shape index (κ2) is 8.39. The number of likely N-dealkylation sites (N-methyl/N-ethyl adjacent to an activating group) is 1. The number of benzene rings is 1. The van der Waals surface area contributed by atoms with Gasteiger partial charge in [0, 0.05) is 29.9 Å². The first-order valence-electron chi connectivity index (χ1n) is 6.87. The molecule has 0 aliphatic carbocycles. The summed E-state index contributed by atoms with van der Waals surface area (Å²) in [4.78, 5) is 12.7. The predicted octanol–water partition coefficient (Wildman–Crippen LogP) is 4.25. The molecule has 1 heterocycles. The van der Waals surface area contributed by atoms with Crippen LogP contribution in [0.15, 0.2) is 34.5 Å². The maximum atomic E-state index is 11.3. The first-order chi connectivity index (χ1) is 11.0. The zero-order valence-corrected chi connectivity index (χ0v) is 14.7. The topological polar surface area (TPSA) is 78.6 Å². The molecule has 2 N–H and O–H groups in total. The van der Waals surface area contributed by atoms with Gasteiger partial charge in [0.2, 0.25) is 0 Å². The Balaban J connectivity index is 2.16. The molecule has 2 aromatic rings. The van der Waals surface area contributed by atoms with Gasteiger partial charge in [-0.2, -0.15) is 0 Å². The lowest BCUT2D eigenvalue weighted by Gasteiger charge is -2.18. The summed E-state index contributed by atoms with van der Waals surface area (Å²) in [5, 5.41) is 21.6. The second-order valence-electron chi connectivity index (χ2n) is 4.53. The fourth-order valence-corrected chi connectivity index (χ4v) is 4.04. The minimum atomic E-state index is -0.391. The van der Waals surface area contributed by atoms with E-state index >= 15 is 0 Å². The van der Waals surface area contributed by atoms with Gasteiger partial charge in [0.25, 0.3) is 0 Å². The molecule has 1 aromatic carbocycles. The Kier molecular flexibility index (Phi) is 6.52. The van der Waals surface area contributed by atoms with Crippen LogP contribution in [-0.2, 0) is 0 Å². The molecule has 0 fully saturated rings. The molecule has 0 aliphatic heterocycles. The number of hydrogen-bond donors (Lipinski definition) is 2. The molecule has 1 aromatic heterocycles. The van der Waals surface area contributed by atoms with Crippen LogP contribution in [0.2, 0.25) is 5.02 Å². The number of hydrogen-bond acceptors (Lipinski definition) is 7. The largest absolute Gasteiger partial charge is 0.395 e. The Labute approximate surface area is 147 Å². The Morgan fingerprint density at radius 1 is 1.43 bits per heavy atom. The Hall–Kier alpha value is -1.48. The summed E-state index contributed by atoms with van der Waals surface area (Å²) in [5.74, 6) is 0. The molecule has 0 unspecified atom stereocenters. The molecular formula is C14H16ClN3O3S2. The Morgan fingerprint density at radius 2 is 2.13 bits per heavy atom. The summed E-state index contributed by atoms with van der Waals surface area (Å²) in [6.07, 6.45) is 0. The Bertz CT molecular complexity index is 664. The molecule has 0 atom stereocenters. The minimum Gasteiger partial charge on any atom is -0.395 e. The highest BCUT2D eigenvalue weighted by atomic mass is 35.5. The zero-order chi connectivity index (χ0) is 16.8. The van der Waals surface area contributed by atoms with Gasteiger partial charge in [0.05, 0.1) is 15.7 Å². The van der Waals surface area contributed by atoms with E-state index in [-0.39, 0.29) is 12.3 Å². The number of nitrogens with one attached hydrogen (secondary N) is 1. The van der Waals surface area contributed by atoms with E-state index in [1.54, 1.807) is 23.1 Å². The van der Waals surface area contributed by atoms with E-state index in [4.69, 9.17) is 16.7 Å². The first-order valence-corrected chi connectivity index (χ1v) is 8.88. The van der Waals surface area contributed by atoms with Crippen molar-refractivity contribution in [3.63, 3.8) is 0 Å². The van der Waals surface area contributed by atoms with Gasteiger partial charge in [-0.05, 0) is 43.1 Å². The number of nitrogens with zero attached hydrogens (tertiary/aromatic N) is 2. The quantitative estimate of drug-likeness (QED) is 0.409. The normalized spacial score (nSPS) is 10.6. The molecular weight excluding hydrogens is 358 g/mol. The summed E-state index contributed by atoms with van der Waals surface area (Å²) in [5.41, 5.74) is 0.922. The van der Waals surface area contributed by atoms with Crippen LogP contribution in [0.1, 0.15) is 6.92 Å². The van der Waals surface area contributed by atoms with Gasteiger partial charge < -0.3 is 14.7 Å². The van der Waals surface area contributed by atoms with Crippen LogP contribution in [0.5, 0.6) is 0 Å². The predicted molar refractivity (Wildman–Crippen MR) is 96.9 cm³/mol. The third-order valence-corrected chi connectivity index (χ3v) is 5.41. The van der Waals surface area contributed by atoms with Crippen LogP contribution in [-0.4, -0.2) is 29.7 Å². The lowest BCUT2D eigenvalue weighted by molar-refractivity contribution is -0.383. The molecule has 0 bridgehead atoms. The molecule has 6 nitrogen and oxygen atoms in total. The van der Waals surface area contributed by atoms with Crippen molar-refractivity contribution in [2.75, 3.05) is 29.3 Å². The monoisotopic (exact) mass is 373 g/mol. The number of nitro groups is 1. The molecule has 0 spiro atoms. The van der Waals surface area contributed by atoms with Crippen molar-refractivity contribution in [1.82, 2.24) is 0 Å². The van der Waals surface area contributed by atoms with Gasteiger partial charge in [-0.25, -0.2) is 0 Å². The third-order valence-electron chi connectivity index (χ3n) is 3.02. The summed E-state index contributed by atoms with van der Waals surface area (Å²) in [7, 11) is 0. The van der Waals surface area contributed by atoms with Crippen LogP contribution < -0.4 is 9.62 Å². The standard InChI is InChI=1S/C14H16ClN3O3S2/c1-2-17(7-8-19)14-12(18(20)21)9-13(22-14)23-16-11-5-3-10(15)4-6-11/h3-6,9,16,19H,2,7-8H2,1H3. The third kappa shape index (κ3) is 4.74. The van der Waals surface area contributed by atoms with Crippen molar-refractivity contribution in [2.24, 2.45) is 0 Å². The average molecular weight is 374 g/mol. The maximum Gasteiger partial charge on any atom is 0.304 e. The average Bonchev–Trinajstić information content (AvgIpc) is 2.96. The summed E-state index contributed by atoms with van der Waals surface area (Å²) in [6, 6.07) is 8.76. The zero-order valence-electron chi connectivity index (χ0n) is 12.4. The van der Waals surface area contributed by atoms with Crippen molar-refractivity contribution >= 4 is 51.3 Å². The van der Waals surface area contributed by atoms with Gasteiger partial charge in [-0.1, -0.05) is 11.6 Å². The second-order valence-corrected chi connectivity index (χ2v) is 7.10. The number of aliphatic hydroxyl groups is 1. The van der Waals surface area contributed by atoms with Gasteiger partial charge in [0.15, 0.2) is 5.00 Å². The SMILES string of the molecule is CCN(CCO)c1sc(SNc2ccc(Cl)cc2)cc1[N+](=O)[O-]. The molecule has 9 heteroatoms. The van der Waals surface area contributed by atoms with Crippen LogP contribution in [0.3, 0.4) is 0 Å². The summed E-state index contributed by atoms with van der Waals surface area (Å²) in [6.45, 7) is 2.81. The van der Waals surface area contributed by atoms with E-state index in [0.717, 1.165) is 9.90 Å². The van der Waals surface area contributed by atoms with Crippen molar-refractivity contribution in [1.29, 1.82) is 0 Å². The van der Waals surface area contributed by atoms with Gasteiger partial charge >= 0.3 is 5.69 Å². The van der Waals surface area contributed by atoms with E-state index in [1.807, 2.05) is 19.1 Å². The van der Waals surface area contributed by atoms with E-state index < -0.39 is 4.92 Å². The number of thiophene rings is 1. The molecule has 0 radical (unpaired) electrons. The number of halogens is 1. The van der Waals surface area contributed by atoms with Crippen molar-refractivity contribution < 1.29 is 10.0 Å². The number of rotatable bonds is 8. The number of anilines is 2. The molecule has 23 heavy (non-hydrogen) atoms. The van der Waals surface area contributed by atoms with Crippen LogP contribution in [0, 0.1) is 10.1 Å². The summed E-state index contributed by atoms with van der Waals surface area (Å²) >= 11 is 8.47. The molecule has 124 valence electrons. The highest BCUT2D eigenvalue weighted by Gasteiger charge is 2.23. The fraction of sp³-hybridized carbons (Fsp3) is 0.286. The van der Waals surface area contributed by atoms with Gasteiger partial charge in [-0.15, -0.1) is 11.3 Å². The van der Waals surface area contributed by atoms with Gasteiger partial charge in [0.1, 0.15) is 0 Å². The lowest BCUT2D eigenvalue weighted by atomic mass is 10.3. The molecule has 0 amide bonds. The Morgan fingerprint density at radius 3 is 2.70 bits per heavy atom. The highest BCUT2D eigenvalue weighted by molar-refractivity contribution is 8.02. The highest BCUT2D eigenvalue weighted by Crippen LogP contribution is 2.42. The van der Waals surface area contributed by atoms with Gasteiger partial charge in [-0.3, -0.25) is 10.1 Å². The first kappa shape index (κ1) is 17.9. The van der Waals surface area contributed by atoms with E-state index in [2.05, 4.69) is 4.72 Å². The molecule has 0 saturated carbocycles.